The second-order valence-corrected chi connectivity index (χ2v) is 5.25. The molecule has 0 amide bonds. The molecule has 5 nitrogen and oxygen atoms in total. The highest BCUT2D eigenvalue weighted by molar-refractivity contribution is 5.64. The lowest BCUT2D eigenvalue weighted by molar-refractivity contribution is -0.305. The summed E-state index contributed by atoms with van der Waals surface area (Å²) in [7, 11) is 7.37. The van der Waals surface area contributed by atoms with Gasteiger partial charge in [-0.15, -0.1) is 0 Å². The Morgan fingerprint density at radius 2 is 1.90 bits per heavy atom. The summed E-state index contributed by atoms with van der Waals surface area (Å²) >= 11 is 0. The Balaban J connectivity index is 2.83. The van der Waals surface area contributed by atoms with E-state index in [9.17, 15) is 9.90 Å². The van der Waals surface area contributed by atoms with Gasteiger partial charge in [0.15, 0.2) is 11.4 Å². The number of carboxylic acid groups (broad SMARTS) is 1. The molecule has 0 heterocycles. The van der Waals surface area contributed by atoms with Crippen molar-refractivity contribution < 1.29 is 19.4 Å². The minimum absolute atomic E-state index is 0.106. The Labute approximate surface area is 120 Å². The molecule has 1 aromatic rings. The van der Waals surface area contributed by atoms with E-state index in [1.54, 1.807) is 14.2 Å². The molecule has 112 valence electrons. The summed E-state index contributed by atoms with van der Waals surface area (Å²) in [5, 5.41) is 10.4. The number of carbonyl (C=O) groups is 1. The predicted octanol–water partition coefficient (Wildman–Crippen LogP) is 1.19. The maximum absolute atomic E-state index is 10.4. The lowest BCUT2D eigenvalue weighted by Crippen LogP contribution is -2.41. The largest absolute Gasteiger partial charge is 0.550 e. The van der Waals surface area contributed by atoms with Crippen molar-refractivity contribution in [2.45, 2.75) is 19.3 Å². The average Bonchev–Trinajstić information content (AvgIpc) is 2.42. The van der Waals surface area contributed by atoms with Gasteiger partial charge in [0.25, 0.3) is 0 Å². The van der Waals surface area contributed by atoms with Gasteiger partial charge in [-0.05, 0) is 25.3 Å². The zero-order valence-corrected chi connectivity index (χ0v) is 12.6. The van der Waals surface area contributed by atoms with Crippen molar-refractivity contribution >= 4 is 11.7 Å². The molecule has 0 aromatic heterocycles. The second-order valence-electron chi connectivity index (χ2n) is 5.25. The highest BCUT2D eigenvalue weighted by atomic mass is 16.5. The smallest absolute Gasteiger partial charge is 0.222 e. The van der Waals surface area contributed by atoms with Crippen LogP contribution in [0.25, 0.3) is 0 Å². The van der Waals surface area contributed by atoms with Crippen molar-refractivity contribution in [2.75, 3.05) is 34.9 Å². The van der Waals surface area contributed by atoms with E-state index in [0.29, 0.717) is 16.7 Å². The molecule has 0 aliphatic heterocycles. The van der Waals surface area contributed by atoms with Crippen LogP contribution >= 0.6 is 0 Å². The molecule has 0 fully saturated rings. The molecule has 1 aromatic carbocycles. The molecule has 0 bridgehead atoms. The van der Waals surface area contributed by atoms with Gasteiger partial charge in [0, 0.05) is 12.0 Å². The topological polar surface area (TPSA) is 58.6 Å². The molecule has 0 saturated carbocycles. The summed E-state index contributed by atoms with van der Waals surface area (Å²) in [5.74, 6) is 0.431. The Hall–Kier alpha value is -1.75. The fourth-order valence-electron chi connectivity index (χ4n) is 2.24. The maximum atomic E-state index is 10.4. The number of rotatable bonds is 8. The van der Waals surface area contributed by atoms with Gasteiger partial charge in [-0.25, -0.2) is 0 Å². The molecular formula is C15H23NO4. The lowest BCUT2D eigenvalue weighted by atomic mass is 10.1. The molecule has 0 unspecified atom stereocenters. The molecule has 0 aliphatic rings. The van der Waals surface area contributed by atoms with Gasteiger partial charge in [-0.1, -0.05) is 6.07 Å². The molecule has 0 N–H and O–H groups in total. The summed E-state index contributed by atoms with van der Waals surface area (Å²) in [6.45, 7) is 0.816. The van der Waals surface area contributed by atoms with Crippen molar-refractivity contribution in [2.24, 2.45) is 0 Å². The van der Waals surface area contributed by atoms with Crippen LogP contribution in [-0.2, 0) is 4.79 Å². The molecule has 20 heavy (non-hydrogen) atoms. The minimum Gasteiger partial charge on any atom is -0.550 e. The van der Waals surface area contributed by atoms with Crippen molar-refractivity contribution in [1.29, 1.82) is 0 Å². The van der Waals surface area contributed by atoms with Crippen LogP contribution in [0.1, 0.15) is 19.3 Å². The predicted molar refractivity (Wildman–Crippen MR) is 76.9 cm³/mol. The van der Waals surface area contributed by atoms with Gasteiger partial charge < -0.3 is 19.4 Å². The zero-order valence-electron chi connectivity index (χ0n) is 12.6. The van der Waals surface area contributed by atoms with Crippen LogP contribution in [0, 0.1) is 0 Å². The van der Waals surface area contributed by atoms with Crippen LogP contribution in [-0.4, -0.2) is 40.8 Å². The van der Waals surface area contributed by atoms with Crippen LogP contribution in [0.2, 0.25) is 0 Å². The SMILES string of the molecule is COc1cccc([N+](C)(C)CCCCC(=O)[O-])c1OC. The second kappa shape index (κ2) is 7.14. The van der Waals surface area contributed by atoms with E-state index in [4.69, 9.17) is 9.47 Å². The summed E-state index contributed by atoms with van der Waals surface area (Å²) in [5.41, 5.74) is 1.01. The summed E-state index contributed by atoms with van der Waals surface area (Å²) in [6, 6.07) is 5.79. The van der Waals surface area contributed by atoms with E-state index in [1.165, 1.54) is 0 Å². The van der Waals surface area contributed by atoms with Crippen LogP contribution in [0.3, 0.4) is 0 Å². The van der Waals surface area contributed by atoms with E-state index in [-0.39, 0.29) is 6.42 Å². The van der Waals surface area contributed by atoms with Crippen LogP contribution in [0.5, 0.6) is 11.5 Å². The Morgan fingerprint density at radius 3 is 2.45 bits per heavy atom. The Kier molecular flexibility index (Phi) is 5.82. The lowest BCUT2D eigenvalue weighted by Gasteiger charge is -2.31. The first kappa shape index (κ1) is 16.3. The average molecular weight is 281 g/mol. The van der Waals surface area contributed by atoms with Gasteiger partial charge in [0.2, 0.25) is 5.75 Å². The summed E-state index contributed by atoms with van der Waals surface area (Å²) in [4.78, 5) is 10.4. The Bertz CT molecular complexity index is 457. The number of quaternary nitrogens is 1. The van der Waals surface area contributed by atoms with Gasteiger partial charge >= 0.3 is 0 Å². The van der Waals surface area contributed by atoms with Crippen molar-refractivity contribution in [3.63, 3.8) is 0 Å². The number of nitrogens with zero attached hydrogens (tertiary/aromatic N) is 1. The third-order valence-electron chi connectivity index (χ3n) is 3.38. The molecule has 0 atom stereocenters. The number of hydrogen-bond acceptors (Lipinski definition) is 4. The molecule has 1 rings (SSSR count). The van der Waals surface area contributed by atoms with Crippen LogP contribution in [0.15, 0.2) is 18.2 Å². The number of para-hydroxylation sites is 1. The highest BCUT2D eigenvalue weighted by Crippen LogP contribution is 2.39. The Morgan fingerprint density at radius 1 is 1.20 bits per heavy atom. The molecule has 0 spiro atoms. The first-order valence-corrected chi connectivity index (χ1v) is 6.66. The summed E-state index contributed by atoms with van der Waals surface area (Å²) < 4.78 is 11.4. The van der Waals surface area contributed by atoms with Gasteiger partial charge in [0.05, 0.1) is 34.9 Å². The summed E-state index contributed by atoms with van der Waals surface area (Å²) in [6.07, 6.45) is 1.53. The number of carboxylic acids is 1. The van der Waals surface area contributed by atoms with Crippen molar-refractivity contribution in [1.82, 2.24) is 4.48 Å². The third-order valence-corrected chi connectivity index (χ3v) is 3.38. The standard InChI is InChI=1S/C15H23NO4/c1-16(2,11-6-5-10-14(17)18)12-8-7-9-13(19-3)15(12)20-4/h7-9H,5-6,10-11H2,1-4H3. The fraction of sp³-hybridized carbons (Fsp3) is 0.533. The number of hydrogen-bond donors (Lipinski definition) is 0. The van der Waals surface area contributed by atoms with E-state index < -0.39 is 5.97 Å². The van der Waals surface area contributed by atoms with Gasteiger partial charge in [-0.2, -0.15) is 0 Å². The maximum Gasteiger partial charge on any atom is 0.222 e. The molecule has 0 radical (unpaired) electrons. The fourth-order valence-corrected chi connectivity index (χ4v) is 2.24. The third kappa shape index (κ3) is 4.13. The number of ether oxygens (including phenoxy) is 2. The first-order valence-electron chi connectivity index (χ1n) is 6.66. The number of methoxy groups -OCH3 is 2. The van der Waals surface area contributed by atoms with Crippen molar-refractivity contribution in [3.05, 3.63) is 18.2 Å². The van der Waals surface area contributed by atoms with E-state index in [1.807, 2.05) is 18.2 Å². The number of unbranched alkanes of at least 4 members (excludes halogenated alkanes) is 1. The monoisotopic (exact) mass is 281 g/mol. The van der Waals surface area contributed by atoms with E-state index >= 15 is 0 Å². The van der Waals surface area contributed by atoms with E-state index in [0.717, 1.165) is 24.4 Å². The van der Waals surface area contributed by atoms with E-state index in [2.05, 4.69) is 14.1 Å². The molecular weight excluding hydrogens is 258 g/mol. The van der Waals surface area contributed by atoms with Gasteiger partial charge in [-0.3, -0.25) is 4.48 Å². The van der Waals surface area contributed by atoms with Crippen LogP contribution < -0.4 is 19.1 Å². The van der Waals surface area contributed by atoms with Crippen LogP contribution in [0.4, 0.5) is 5.69 Å². The van der Waals surface area contributed by atoms with Gasteiger partial charge in [0.1, 0.15) is 0 Å². The van der Waals surface area contributed by atoms with Crippen molar-refractivity contribution in [3.8, 4) is 11.5 Å². The number of aliphatic carboxylic acids is 1. The quantitative estimate of drug-likeness (QED) is 0.530. The zero-order chi connectivity index (χ0) is 15.2. The molecule has 0 saturated heterocycles. The number of benzene rings is 1. The minimum atomic E-state index is -0.991. The normalized spacial score (nSPS) is 11.2. The number of carbonyl (C=O) groups excluding carboxylic acids is 1. The molecule has 0 aliphatic carbocycles. The first-order chi connectivity index (χ1) is 9.42. The molecule has 5 heteroatoms. The highest BCUT2D eigenvalue weighted by Gasteiger charge is 2.25.